The van der Waals surface area contributed by atoms with Crippen LogP contribution >= 0.6 is 10.7 Å². The summed E-state index contributed by atoms with van der Waals surface area (Å²) in [5, 5.41) is 3.75. The highest BCUT2D eigenvalue weighted by Crippen LogP contribution is 2.13. The van der Waals surface area contributed by atoms with Gasteiger partial charge in [-0.25, -0.2) is 22.7 Å². The van der Waals surface area contributed by atoms with Crippen molar-refractivity contribution in [1.29, 1.82) is 0 Å². The van der Waals surface area contributed by atoms with Crippen LogP contribution in [0.5, 0.6) is 0 Å². The van der Waals surface area contributed by atoms with Crippen LogP contribution in [0.3, 0.4) is 0 Å². The van der Waals surface area contributed by atoms with Crippen LogP contribution in [0.2, 0.25) is 0 Å². The average molecular weight is 291 g/mol. The van der Waals surface area contributed by atoms with Gasteiger partial charge >= 0.3 is 5.97 Å². The normalized spacial score (nSPS) is 11.7. The van der Waals surface area contributed by atoms with Crippen molar-refractivity contribution in [3.63, 3.8) is 0 Å². The highest BCUT2D eigenvalue weighted by atomic mass is 35.7. The van der Waals surface area contributed by atoms with E-state index in [1.54, 1.807) is 6.92 Å². The molecule has 0 N–H and O–H groups in total. The molecule has 0 aliphatic rings. The maximum atomic E-state index is 11.4. The summed E-state index contributed by atoms with van der Waals surface area (Å²) in [5.41, 5.74) is 0. The molecule has 2 rings (SSSR count). The Morgan fingerprint density at radius 2 is 2.28 bits per heavy atom. The number of esters is 1. The summed E-state index contributed by atoms with van der Waals surface area (Å²) in [7, 11) is 1.25. The van der Waals surface area contributed by atoms with Crippen molar-refractivity contribution in [1.82, 2.24) is 19.6 Å². The van der Waals surface area contributed by atoms with Crippen molar-refractivity contribution in [3.8, 4) is 0 Å². The Bertz CT molecular complexity index is 711. The number of halogens is 1. The fourth-order valence-electron chi connectivity index (χ4n) is 1.17. The van der Waals surface area contributed by atoms with E-state index in [1.807, 2.05) is 0 Å². The number of carbonyl (C=O) groups excluding carboxylic acids is 1. The number of ether oxygens (including phenoxy) is 1. The molecule has 0 aliphatic heterocycles. The quantitative estimate of drug-likeness (QED) is 0.588. The first kappa shape index (κ1) is 12.7. The van der Waals surface area contributed by atoms with Crippen LogP contribution in [0, 0.1) is 0 Å². The number of nitrogens with zero attached hydrogens (tertiary/aromatic N) is 4. The van der Waals surface area contributed by atoms with Gasteiger partial charge in [-0.3, -0.25) is 0 Å². The smallest absolute Gasteiger partial charge is 0.378 e. The zero-order chi connectivity index (χ0) is 13.3. The second-order valence-corrected chi connectivity index (χ2v) is 5.69. The van der Waals surface area contributed by atoms with E-state index in [9.17, 15) is 13.2 Å². The molecule has 2 aromatic rings. The van der Waals surface area contributed by atoms with Crippen molar-refractivity contribution in [2.24, 2.45) is 0 Å². The zero-order valence-electron chi connectivity index (χ0n) is 9.07. The minimum absolute atomic E-state index is 0.0714. The average Bonchev–Trinajstić information content (AvgIpc) is 2.70. The van der Waals surface area contributed by atoms with Crippen molar-refractivity contribution in [2.45, 2.75) is 11.8 Å². The van der Waals surface area contributed by atoms with Gasteiger partial charge in [0.2, 0.25) is 0 Å². The molecule has 2 aromatic heterocycles. The predicted molar refractivity (Wildman–Crippen MR) is 59.8 cm³/mol. The van der Waals surface area contributed by atoms with E-state index < -0.39 is 15.0 Å². The Balaban J connectivity index is 2.49. The van der Waals surface area contributed by atoms with E-state index in [4.69, 9.17) is 15.4 Å². The van der Waals surface area contributed by atoms with E-state index in [0.29, 0.717) is 0 Å². The Morgan fingerprint density at radius 3 is 2.89 bits per heavy atom. The minimum Gasteiger partial charge on any atom is -0.460 e. The molecule has 0 radical (unpaired) electrons. The van der Waals surface area contributed by atoms with Gasteiger partial charge in [-0.15, -0.1) is 5.10 Å². The van der Waals surface area contributed by atoms with E-state index in [2.05, 4.69) is 15.1 Å². The number of hydrogen-bond acceptors (Lipinski definition) is 7. The molecule has 0 spiro atoms. The van der Waals surface area contributed by atoms with E-state index >= 15 is 0 Å². The van der Waals surface area contributed by atoms with E-state index in [-0.39, 0.29) is 23.1 Å². The maximum Gasteiger partial charge on any atom is 0.378 e. The van der Waals surface area contributed by atoms with Gasteiger partial charge in [-0.1, -0.05) is 0 Å². The van der Waals surface area contributed by atoms with Gasteiger partial charge in [0.25, 0.3) is 20.7 Å². The molecule has 0 unspecified atom stereocenters. The first-order valence-electron chi connectivity index (χ1n) is 4.76. The molecule has 2 heterocycles. The van der Waals surface area contributed by atoms with Crippen LogP contribution in [-0.4, -0.2) is 40.6 Å². The van der Waals surface area contributed by atoms with Gasteiger partial charge < -0.3 is 4.74 Å². The number of carbonyl (C=O) groups is 1. The lowest BCUT2D eigenvalue weighted by Crippen LogP contribution is -2.06. The molecular formula is C8H7ClN4O4S. The first-order valence-corrected chi connectivity index (χ1v) is 7.07. The summed E-state index contributed by atoms with van der Waals surface area (Å²) < 4.78 is 27.9. The summed E-state index contributed by atoms with van der Waals surface area (Å²) in [6.07, 6.45) is 2.14. The van der Waals surface area contributed by atoms with Crippen LogP contribution < -0.4 is 0 Å². The predicted octanol–water partition coefficient (Wildman–Crippen LogP) is 0.228. The fourth-order valence-corrected chi connectivity index (χ4v) is 1.82. The number of fused-ring (bicyclic) bond motifs is 1. The summed E-state index contributed by atoms with van der Waals surface area (Å²) in [6, 6.07) is 0. The number of hydrogen-bond donors (Lipinski definition) is 0. The summed E-state index contributed by atoms with van der Waals surface area (Å²) in [6.45, 7) is 1.83. The first-order chi connectivity index (χ1) is 8.41. The Hall–Kier alpha value is -1.74. The molecule has 0 bridgehead atoms. The largest absolute Gasteiger partial charge is 0.460 e. The SMILES string of the molecule is CCOC(=O)c1nc2ncc(S(=O)(=O)Cl)cn2n1. The van der Waals surface area contributed by atoms with E-state index in [0.717, 1.165) is 16.9 Å². The second kappa shape index (κ2) is 4.50. The molecule has 0 aromatic carbocycles. The third-order valence-electron chi connectivity index (χ3n) is 1.91. The van der Waals surface area contributed by atoms with Crippen LogP contribution in [-0.2, 0) is 13.8 Å². The molecular weight excluding hydrogens is 284 g/mol. The van der Waals surface area contributed by atoms with Crippen molar-refractivity contribution >= 4 is 31.5 Å². The minimum atomic E-state index is -3.91. The monoisotopic (exact) mass is 290 g/mol. The van der Waals surface area contributed by atoms with Gasteiger partial charge in [0.15, 0.2) is 0 Å². The van der Waals surface area contributed by atoms with Crippen LogP contribution in [0.1, 0.15) is 17.5 Å². The Kier molecular flexibility index (Phi) is 3.18. The van der Waals surface area contributed by atoms with Crippen LogP contribution in [0.25, 0.3) is 5.78 Å². The van der Waals surface area contributed by atoms with Gasteiger partial charge in [-0.05, 0) is 6.92 Å². The lowest BCUT2D eigenvalue weighted by Gasteiger charge is -1.95. The fraction of sp³-hybridized carbons (Fsp3) is 0.250. The molecule has 0 fully saturated rings. The number of rotatable bonds is 3. The maximum absolute atomic E-state index is 11.4. The summed E-state index contributed by atoms with van der Waals surface area (Å²) in [5.74, 6) is -0.839. The molecule has 8 nitrogen and oxygen atoms in total. The third kappa shape index (κ3) is 2.41. The van der Waals surface area contributed by atoms with Gasteiger partial charge in [-0.2, -0.15) is 4.98 Å². The van der Waals surface area contributed by atoms with Crippen molar-refractivity contribution < 1.29 is 17.9 Å². The molecule has 0 aliphatic carbocycles. The molecule has 18 heavy (non-hydrogen) atoms. The van der Waals surface area contributed by atoms with Gasteiger partial charge in [0.05, 0.1) is 19.0 Å². The molecule has 0 saturated heterocycles. The highest BCUT2D eigenvalue weighted by Gasteiger charge is 2.17. The zero-order valence-corrected chi connectivity index (χ0v) is 10.6. The lowest BCUT2D eigenvalue weighted by molar-refractivity contribution is 0.0512. The molecule has 0 saturated carbocycles. The Morgan fingerprint density at radius 1 is 1.56 bits per heavy atom. The molecule has 0 amide bonds. The van der Waals surface area contributed by atoms with Crippen molar-refractivity contribution in [2.75, 3.05) is 6.61 Å². The van der Waals surface area contributed by atoms with E-state index in [1.165, 1.54) is 0 Å². The molecule has 96 valence electrons. The Labute approximate surface area is 106 Å². The molecule has 10 heteroatoms. The summed E-state index contributed by atoms with van der Waals surface area (Å²) >= 11 is 0. The van der Waals surface area contributed by atoms with Crippen molar-refractivity contribution in [3.05, 3.63) is 18.2 Å². The standard InChI is InChI=1S/C8H7ClN4O4S/c1-2-17-7(14)6-11-8-10-3-5(18(9,15)16)4-13(8)12-6/h3-4H,2H2,1H3. The topological polar surface area (TPSA) is 104 Å². The second-order valence-electron chi connectivity index (χ2n) is 3.13. The molecule has 0 atom stereocenters. The van der Waals surface area contributed by atoms with Crippen LogP contribution in [0.15, 0.2) is 17.3 Å². The van der Waals surface area contributed by atoms with Crippen LogP contribution in [0.4, 0.5) is 0 Å². The summed E-state index contributed by atoms with van der Waals surface area (Å²) in [4.78, 5) is 18.6. The lowest BCUT2D eigenvalue weighted by atomic mass is 10.6. The number of aromatic nitrogens is 4. The van der Waals surface area contributed by atoms with Gasteiger partial charge in [0.1, 0.15) is 4.90 Å². The third-order valence-corrected chi connectivity index (χ3v) is 3.22. The van der Waals surface area contributed by atoms with Gasteiger partial charge in [0, 0.05) is 10.7 Å². The highest BCUT2D eigenvalue weighted by molar-refractivity contribution is 8.13.